The van der Waals surface area contributed by atoms with Gasteiger partial charge in [0.05, 0.1) is 5.38 Å². The second kappa shape index (κ2) is 5.14. The molecule has 100 valence electrons. The summed E-state index contributed by atoms with van der Waals surface area (Å²) in [6.45, 7) is 0. The maximum absolute atomic E-state index is 11.2. The van der Waals surface area contributed by atoms with Crippen molar-refractivity contribution in [2.24, 2.45) is 0 Å². The summed E-state index contributed by atoms with van der Waals surface area (Å²) < 4.78 is 0. The third-order valence-electron chi connectivity index (χ3n) is 3.56. The van der Waals surface area contributed by atoms with Crippen molar-refractivity contribution in [3.8, 4) is 0 Å². The standard InChI is InChI=1S/C17H13ClO2/c18-16-9-11-5-1-2-6-12(11)15(10-17(19)20)13-7-3-4-8-14(13)16/h1-8,10,16H,9H2,(H,19,20). The zero-order valence-corrected chi connectivity index (χ0v) is 11.5. The first-order chi connectivity index (χ1) is 9.66. The van der Waals surface area contributed by atoms with Gasteiger partial charge in [-0.15, -0.1) is 11.6 Å². The molecule has 0 saturated carbocycles. The average Bonchev–Trinajstić information content (AvgIpc) is 2.55. The molecule has 1 unspecified atom stereocenters. The molecule has 2 aromatic rings. The molecule has 0 fully saturated rings. The first kappa shape index (κ1) is 12.9. The number of benzene rings is 2. The van der Waals surface area contributed by atoms with Gasteiger partial charge >= 0.3 is 5.97 Å². The van der Waals surface area contributed by atoms with E-state index in [1.807, 2.05) is 48.5 Å². The summed E-state index contributed by atoms with van der Waals surface area (Å²) in [7, 11) is 0. The van der Waals surface area contributed by atoms with Crippen LogP contribution in [0.25, 0.3) is 5.57 Å². The quantitative estimate of drug-likeness (QED) is 0.634. The molecule has 0 aliphatic heterocycles. The van der Waals surface area contributed by atoms with E-state index < -0.39 is 5.97 Å². The lowest BCUT2D eigenvalue weighted by Crippen LogP contribution is -1.97. The minimum Gasteiger partial charge on any atom is -0.478 e. The summed E-state index contributed by atoms with van der Waals surface area (Å²) in [6.07, 6.45) is 1.97. The van der Waals surface area contributed by atoms with Crippen LogP contribution in [0, 0.1) is 0 Å². The Morgan fingerprint density at radius 2 is 1.75 bits per heavy atom. The van der Waals surface area contributed by atoms with Gasteiger partial charge in [0.15, 0.2) is 0 Å². The van der Waals surface area contributed by atoms with Gasteiger partial charge in [-0.1, -0.05) is 48.5 Å². The van der Waals surface area contributed by atoms with Crippen molar-refractivity contribution in [1.29, 1.82) is 0 Å². The Labute approximate surface area is 122 Å². The zero-order chi connectivity index (χ0) is 14.1. The van der Waals surface area contributed by atoms with Gasteiger partial charge in [0.1, 0.15) is 0 Å². The van der Waals surface area contributed by atoms with Crippen LogP contribution in [0.15, 0.2) is 54.6 Å². The van der Waals surface area contributed by atoms with Gasteiger partial charge in [0.2, 0.25) is 0 Å². The van der Waals surface area contributed by atoms with Gasteiger partial charge in [-0.3, -0.25) is 0 Å². The van der Waals surface area contributed by atoms with Crippen molar-refractivity contribution in [1.82, 2.24) is 0 Å². The number of rotatable bonds is 1. The van der Waals surface area contributed by atoms with E-state index in [0.29, 0.717) is 6.42 Å². The second-order valence-corrected chi connectivity index (χ2v) is 5.34. The lowest BCUT2D eigenvalue weighted by molar-refractivity contribution is -0.131. The predicted octanol–water partition coefficient (Wildman–Crippen LogP) is 4.04. The van der Waals surface area contributed by atoms with Crippen LogP contribution in [-0.2, 0) is 11.2 Å². The first-order valence-electron chi connectivity index (χ1n) is 6.43. The molecule has 0 amide bonds. The van der Waals surface area contributed by atoms with Crippen LogP contribution in [0.4, 0.5) is 0 Å². The van der Waals surface area contributed by atoms with Crippen LogP contribution in [0.2, 0.25) is 0 Å². The summed E-state index contributed by atoms with van der Waals surface area (Å²) in [5, 5.41) is 9.02. The highest BCUT2D eigenvalue weighted by Crippen LogP contribution is 2.39. The van der Waals surface area contributed by atoms with E-state index in [1.165, 1.54) is 6.08 Å². The molecular formula is C17H13ClO2. The average molecular weight is 285 g/mol. The van der Waals surface area contributed by atoms with Crippen molar-refractivity contribution in [3.63, 3.8) is 0 Å². The number of carboxylic acids is 1. The van der Waals surface area contributed by atoms with Crippen molar-refractivity contribution in [3.05, 3.63) is 76.9 Å². The zero-order valence-electron chi connectivity index (χ0n) is 10.7. The Morgan fingerprint density at radius 3 is 2.50 bits per heavy atom. The van der Waals surface area contributed by atoms with Crippen LogP contribution >= 0.6 is 11.6 Å². The molecule has 0 heterocycles. The van der Waals surface area contributed by atoms with Crippen LogP contribution in [0.1, 0.15) is 27.6 Å². The van der Waals surface area contributed by atoms with Crippen LogP contribution < -0.4 is 0 Å². The smallest absolute Gasteiger partial charge is 0.328 e. The maximum atomic E-state index is 11.2. The Balaban J connectivity index is 2.32. The summed E-state index contributed by atoms with van der Waals surface area (Å²) in [5.74, 6) is -0.947. The molecule has 2 nitrogen and oxygen atoms in total. The van der Waals surface area contributed by atoms with Crippen LogP contribution in [-0.4, -0.2) is 11.1 Å². The number of hydrogen-bond donors (Lipinski definition) is 1. The van der Waals surface area contributed by atoms with E-state index in [4.69, 9.17) is 16.7 Å². The van der Waals surface area contributed by atoms with E-state index in [1.54, 1.807) is 0 Å². The fraction of sp³-hybridized carbons (Fsp3) is 0.118. The predicted molar refractivity (Wildman–Crippen MR) is 79.9 cm³/mol. The molecule has 20 heavy (non-hydrogen) atoms. The fourth-order valence-corrected chi connectivity index (χ4v) is 3.06. The van der Waals surface area contributed by atoms with Gasteiger partial charge < -0.3 is 5.11 Å². The summed E-state index contributed by atoms with van der Waals surface area (Å²) >= 11 is 6.51. The van der Waals surface area contributed by atoms with E-state index in [9.17, 15) is 4.79 Å². The third kappa shape index (κ3) is 2.23. The number of carbonyl (C=O) groups is 1. The highest BCUT2D eigenvalue weighted by atomic mass is 35.5. The topological polar surface area (TPSA) is 37.3 Å². The van der Waals surface area contributed by atoms with Gasteiger partial charge in [-0.05, 0) is 34.2 Å². The SMILES string of the molecule is O=C(O)C=C1c2ccccc2CC(Cl)c2ccccc21. The lowest BCUT2D eigenvalue weighted by atomic mass is 9.94. The molecule has 0 saturated heterocycles. The molecule has 2 aromatic carbocycles. The molecule has 0 radical (unpaired) electrons. The minimum absolute atomic E-state index is 0.146. The number of fused-ring (bicyclic) bond motifs is 2. The molecule has 3 rings (SSSR count). The maximum Gasteiger partial charge on any atom is 0.328 e. The van der Waals surface area contributed by atoms with Crippen LogP contribution in [0.3, 0.4) is 0 Å². The number of carboxylic acid groups (broad SMARTS) is 1. The molecular weight excluding hydrogens is 272 g/mol. The first-order valence-corrected chi connectivity index (χ1v) is 6.86. The molecule has 0 spiro atoms. The Kier molecular flexibility index (Phi) is 3.33. The Hall–Kier alpha value is -2.06. The van der Waals surface area contributed by atoms with Gasteiger partial charge in [-0.25, -0.2) is 4.79 Å². The van der Waals surface area contributed by atoms with E-state index >= 15 is 0 Å². The highest BCUT2D eigenvalue weighted by molar-refractivity contribution is 6.21. The molecule has 1 aliphatic carbocycles. The minimum atomic E-state index is -0.947. The van der Waals surface area contributed by atoms with Crippen LogP contribution in [0.5, 0.6) is 0 Å². The lowest BCUT2D eigenvalue weighted by Gasteiger charge is -2.11. The normalized spacial score (nSPS) is 19.1. The monoisotopic (exact) mass is 284 g/mol. The van der Waals surface area contributed by atoms with Crippen molar-refractivity contribution in [2.45, 2.75) is 11.8 Å². The number of alkyl halides is 1. The second-order valence-electron chi connectivity index (χ2n) is 4.81. The van der Waals surface area contributed by atoms with E-state index in [0.717, 1.165) is 27.8 Å². The van der Waals surface area contributed by atoms with Crippen molar-refractivity contribution < 1.29 is 9.90 Å². The third-order valence-corrected chi connectivity index (χ3v) is 3.95. The number of halogens is 1. The highest BCUT2D eigenvalue weighted by Gasteiger charge is 2.23. The van der Waals surface area contributed by atoms with Crippen molar-refractivity contribution in [2.75, 3.05) is 0 Å². The molecule has 0 aromatic heterocycles. The Bertz CT molecular complexity index is 704. The molecule has 3 heteroatoms. The summed E-state index contributed by atoms with van der Waals surface area (Å²) in [6, 6.07) is 15.6. The summed E-state index contributed by atoms with van der Waals surface area (Å²) in [5.41, 5.74) is 4.64. The van der Waals surface area contributed by atoms with Gasteiger partial charge in [-0.2, -0.15) is 0 Å². The Morgan fingerprint density at radius 1 is 1.10 bits per heavy atom. The largest absolute Gasteiger partial charge is 0.478 e. The van der Waals surface area contributed by atoms with Gasteiger partial charge in [0.25, 0.3) is 0 Å². The van der Waals surface area contributed by atoms with Crippen molar-refractivity contribution >= 4 is 23.1 Å². The van der Waals surface area contributed by atoms with E-state index in [2.05, 4.69) is 0 Å². The number of hydrogen-bond acceptors (Lipinski definition) is 1. The molecule has 1 atom stereocenters. The summed E-state index contributed by atoms with van der Waals surface area (Å²) in [4.78, 5) is 11.2. The number of aliphatic carboxylic acids is 1. The molecule has 0 bridgehead atoms. The molecule has 1 N–H and O–H groups in total. The fourth-order valence-electron chi connectivity index (χ4n) is 2.70. The molecule has 1 aliphatic rings. The van der Waals surface area contributed by atoms with E-state index in [-0.39, 0.29) is 5.38 Å². The van der Waals surface area contributed by atoms with Gasteiger partial charge in [0, 0.05) is 6.08 Å².